The van der Waals surface area contributed by atoms with Crippen LogP contribution in [0.1, 0.15) is 32.7 Å². The number of anilines is 1. The standard InChI is InChI=1S/C10H18N4S/c1-7(2)6-13(3)9-11-12-10(15)14(9)8-4-5-8/h7-8H,4-6H2,1-3H3,(H,12,15). The highest BCUT2D eigenvalue weighted by Gasteiger charge is 2.28. The molecule has 0 aromatic carbocycles. The number of rotatable bonds is 4. The van der Waals surface area contributed by atoms with Crippen molar-refractivity contribution < 1.29 is 0 Å². The molecule has 1 saturated carbocycles. The number of hydrogen-bond acceptors (Lipinski definition) is 3. The quantitative estimate of drug-likeness (QED) is 0.801. The molecule has 4 nitrogen and oxygen atoms in total. The lowest BCUT2D eigenvalue weighted by atomic mass is 10.2. The van der Waals surface area contributed by atoms with Crippen molar-refractivity contribution >= 4 is 18.2 Å². The molecule has 84 valence electrons. The Hall–Kier alpha value is -0.840. The summed E-state index contributed by atoms with van der Waals surface area (Å²) in [5.74, 6) is 1.61. The molecule has 15 heavy (non-hydrogen) atoms. The molecule has 0 amide bonds. The monoisotopic (exact) mass is 226 g/mol. The molecule has 0 atom stereocenters. The maximum atomic E-state index is 5.24. The van der Waals surface area contributed by atoms with Gasteiger partial charge in [0.05, 0.1) is 0 Å². The lowest BCUT2D eigenvalue weighted by Gasteiger charge is -2.20. The van der Waals surface area contributed by atoms with Crippen LogP contribution in [0.5, 0.6) is 0 Å². The van der Waals surface area contributed by atoms with Gasteiger partial charge in [0.25, 0.3) is 0 Å². The van der Waals surface area contributed by atoms with Crippen LogP contribution in [0, 0.1) is 10.7 Å². The lowest BCUT2D eigenvalue weighted by molar-refractivity contribution is 0.611. The van der Waals surface area contributed by atoms with Gasteiger partial charge in [-0.15, -0.1) is 5.10 Å². The normalized spacial score (nSPS) is 16.0. The van der Waals surface area contributed by atoms with E-state index in [9.17, 15) is 0 Å². The summed E-state index contributed by atoms with van der Waals surface area (Å²) < 4.78 is 2.90. The van der Waals surface area contributed by atoms with Crippen LogP contribution in [0.15, 0.2) is 0 Å². The molecule has 0 aliphatic heterocycles. The predicted molar refractivity (Wildman–Crippen MR) is 63.8 cm³/mol. The smallest absolute Gasteiger partial charge is 0.225 e. The fourth-order valence-corrected chi connectivity index (χ4v) is 2.13. The van der Waals surface area contributed by atoms with Gasteiger partial charge in [0, 0.05) is 19.6 Å². The molecule has 1 aromatic rings. The first kappa shape index (κ1) is 10.7. The Bertz CT molecular complexity index is 388. The maximum absolute atomic E-state index is 5.24. The van der Waals surface area contributed by atoms with E-state index in [1.165, 1.54) is 12.8 Å². The van der Waals surface area contributed by atoms with Crippen molar-refractivity contribution in [3.05, 3.63) is 4.77 Å². The number of aromatic amines is 1. The second kappa shape index (κ2) is 3.96. The van der Waals surface area contributed by atoms with Crippen LogP contribution in [0.3, 0.4) is 0 Å². The average Bonchev–Trinajstić information content (AvgIpc) is 2.89. The van der Waals surface area contributed by atoms with Gasteiger partial charge < -0.3 is 4.90 Å². The Kier molecular flexibility index (Phi) is 2.82. The zero-order valence-electron chi connectivity index (χ0n) is 9.53. The van der Waals surface area contributed by atoms with Crippen LogP contribution in [0.2, 0.25) is 0 Å². The minimum Gasteiger partial charge on any atom is -0.344 e. The highest BCUT2D eigenvalue weighted by Crippen LogP contribution is 2.37. The van der Waals surface area contributed by atoms with E-state index in [-0.39, 0.29) is 0 Å². The van der Waals surface area contributed by atoms with E-state index in [0.29, 0.717) is 12.0 Å². The molecule has 0 unspecified atom stereocenters. The third-order valence-electron chi connectivity index (χ3n) is 2.58. The van der Waals surface area contributed by atoms with Crippen molar-refractivity contribution in [2.45, 2.75) is 32.7 Å². The van der Waals surface area contributed by atoms with Gasteiger partial charge >= 0.3 is 0 Å². The predicted octanol–water partition coefficient (Wildman–Crippen LogP) is 2.37. The van der Waals surface area contributed by atoms with E-state index in [1.54, 1.807) is 0 Å². The molecule has 1 aromatic heterocycles. The number of nitrogens with one attached hydrogen (secondary N) is 1. The summed E-state index contributed by atoms with van der Waals surface area (Å²) in [5, 5.41) is 7.19. The number of nitrogens with zero attached hydrogens (tertiary/aromatic N) is 3. The van der Waals surface area contributed by atoms with E-state index in [0.717, 1.165) is 17.3 Å². The molecule has 5 heteroatoms. The Morgan fingerprint density at radius 1 is 1.60 bits per heavy atom. The molecule has 1 aliphatic carbocycles. The van der Waals surface area contributed by atoms with Gasteiger partial charge in [-0.2, -0.15) is 0 Å². The zero-order chi connectivity index (χ0) is 11.0. The van der Waals surface area contributed by atoms with Crippen molar-refractivity contribution in [2.24, 2.45) is 5.92 Å². The first-order valence-electron chi connectivity index (χ1n) is 5.47. The largest absolute Gasteiger partial charge is 0.344 e. The van der Waals surface area contributed by atoms with Gasteiger partial charge in [-0.25, -0.2) is 5.10 Å². The molecule has 0 spiro atoms. The SMILES string of the molecule is CC(C)CN(C)c1n[nH]c(=S)n1C1CC1. The van der Waals surface area contributed by atoms with E-state index < -0.39 is 0 Å². The summed E-state index contributed by atoms with van der Waals surface area (Å²) in [5.41, 5.74) is 0. The van der Waals surface area contributed by atoms with Gasteiger partial charge in [0.2, 0.25) is 5.95 Å². The summed E-state index contributed by atoms with van der Waals surface area (Å²) in [6, 6.07) is 0.584. The van der Waals surface area contributed by atoms with Crippen LogP contribution in [0.4, 0.5) is 5.95 Å². The van der Waals surface area contributed by atoms with Crippen molar-refractivity contribution in [1.82, 2.24) is 14.8 Å². The fraction of sp³-hybridized carbons (Fsp3) is 0.800. The molecule has 2 rings (SSSR count). The Morgan fingerprint density at radius 2 is 2.27 bits per heavy atom. The molecule has 1 aliphatic rings. The lowest BCUT2D eigenvalue weighted by Crippen LogP contribution is -2.25. The Labute approximate surface area is 95.3 Å². The van der Waals surface area contributed by atoms with Gasteiger partial charge in [-0.1, -0.05) is 13.8 Å². The first-order chi connectivity index (χ1) is 7.09. The number of aromatic nitrogens is 3. The Morgan fingerprint density at radius 3 is 2.80 bits per heavy atom. The average molecular weight is 226 g/mol. The second-order valence-electron chi connectivity index (χ2n) is 4.70. The molecule has 0 saturated heterocycles. The summed E-state index contributed by atoms with van der Waals surface area (Å²) in [4.78, 5) is 2.18. The third-order valence-corrected chi connectivity index (χ3v) is 2.87. The van der Waals surface area contributed by atoms with E-state index in [1.807, 2.05) is 0 Å². The van der Waals surface area contributed by atoms with Gasteiger partial charge in [0.15, 0.2) is 4.77 Å². The minimum atomic E-state index is 0.584. The molecule has 1 heterocycles. The van der Waals surface area contributed by atoms with Gasteiger partial charge in [-0.05, 0) is 31.0 Å². The molecular formula is C10H18N4S. The van der Waals surface area contributed by atoms with Crippen LogP contribution in [-0.4, -0.2) is 28.4 Å². The van der Waals surface area contributed by atoms with Crippen molar-refractivity contribution in [2.75, 3.05) is 18.5 Å². The van der Waals surface area contributed by atoms with Crippen LogP contribution >= 0.6 is 12.2 Å². The van der Waals surface area contributed by atoms with E-state index >= 15 is 0 Å². The minimum absolute atomic E-state index is 0.584. The molecule has 0 bridgehead atoms. The highest BCUT2D eigenvalue weighted by atomic mass is 32.1. The maximum Gasteiger partial charge on any atom is 0.225 e. The van der Waals surface area contributed by atoms with Crippen molar-refractivity contribution in [1.29, 1.82) is 0 Å². The molecule has 1 fully saturated rings. The zero-order valence-corrected chi connectivity index (χ0v) is 10.3. The van der Waals surface area contributed by atoms with Crippen molar-refractivity contribution in [3.63, 3.8) is 0 Å². The topological polar surface area (TPSA) is 36.9 Å². The molecule has 0 radical (unpaired) electrons. The third kappa shape index (κ3) is 2.22. The number of H-pyrrole nitrogens is 1. The van der Waals surface area contributed by atoms with Crippen molar-refractivity contribution in [3.8, 4) is 0 Å². The second-order valence-corrected chi connectivity index (χ2v) is 5.09. The summed E-state index contributed by atoms with van der Waals surface area (Å²) in [6.07, 6.45) is 2.46. The van der Waals surface area contributed by atoms with Crippen LogP contribution < -0.4 is 4.90 Å². The van der Waals surface area contributed by atoms with Crippen LogP contribution in [-0.2, 0) is 0 Å². The van der Waals surface area contributed by atoms with Gasteiger partial charge in [0.1, 0.15) is 0 Å². The Balaban J connectivity index is 2.23. The van der Waals surface area contributed by atoms with E-state index in [4.69, 9.17) is 12.2 Å². The van der Waals surface area contributed by atoms with E-state index in [2.05, 4.69) is 40.6 Å². The fourth-order valence-electron chi connectivity index (χ4n) is 1.86. The van der Waals surface area contributed by atoms with Gasteiger partial charge in [-0.3, -0.25) is 4.57 Å². The highest BCUT2D eigenvalue weighted by molar-refractivity contribution is 7.71. The molecule has 1 N–H and O–H groups in total. The molecular weight excluding hydrogens is 208 g/mol. The number of hydrogen-bond donors (Lipinski definition) is 1. The van der Waals surface area contributed by atoms with Crippen LogP contribution in [0.25, 0.3) is 0 Å². The first-order valence-corrected chi connectivity index (χ1v) is 5.88. The summed E-state index contributed by atoms with van der Waals surface area (Å²) in [7, 11) is 2.07. The summed E-state index contributed by atoms with van der Waals surface area (Å²) in [6.45, 7) is 5.42. The summed E-state index contributed by atoms with van der Waals surface area (Å²) >= 11 is 5.24.